The summed E-state index contributed by atoms with van der Waals surface area (Å²) in [6.45, 7) is 11.0. The molecular weight excluding hydrogens is 294 g/mol. The van der Waals surface area contributed by atoms with Crippen molar-refractivity contribution < 1.29 is 14.1 Å². The monoisotopic (exact) mass is 323 g/mol. The van der Waals surface area contributed by atoms with Crippen LogP contribution < -0.4 is 0 Å². The largest absolute Gasteiger partial charge is 0.409 e. The van der Waals surface area contributed by atoms with Gasteiger partial charge >= 0.3 is 0 Å². The predicted molar refractivity (Wildman–Crippen MR) is 91.9 cm³/mol. The van der Waals surface area contributed by atoms with Crippen LogP contribution >= 0.6 is 0 Å². The summed E-state index contributed by atoms with van der Waals surface area (Å²) in [5.41, 5.74) is 1.03. The third kappa shape index (κ3) is 4.93. The van der Waals surface area contributed by atoms with Gasteiger partial charge in [-0.1, -0.05) is 51.1 Å². The molecule has 124 valence electrons. The van der Waals surface area contributed by atoms with Crippen LogP contribution in [0.3, 0.4) is 0 Å². The Balaban J connectivity index is 3.01. The highest BCUT2D eigenvalue weighted by atomic mass is 28.4. The molecule has 5 heteroatoms. The zero-order valence-corrected chi connectivity index (χ0v) is 15.8. The lowest BCUT2D eigenvalue weighted by atomic mass is 10.1. The minimum atomic E-state index is -1.97. The second kappa shape index (κ2) is 7.40. The van der Waals surface area contributed by atoms with Crippen molar-refractivity contribution in [2.75, 3.05) is 14.2 Å². The molecule has 1 aromatic carbocycles. The maximum atomic E-state index is 12.2. The molecule has 22 heavy (non-hydrogen) atoms. The van der Waals surface area contributed by atoms with E-state index in [4.69, 9.17) is 9.26 Å². The fourth-order valence-electron chi connectivity index (χ4n) is 1.82. The number of hydrogen-bond acceptors (Lipinski definition) is 3. The summed E-state index contributed by atoms with van der Waals surface area (Å²) in [4.78, 5) is 17.2. The van der Waals surface area contributed by atoms with E-state index >= 15 is 0 Å². The van der Waals surface area contributed by atoms with Gasteiger partial charge in [0.15, 0.2) is 8.32 Å². The standard InChI is InChI=1S/C17H29NO3Si/c1-17(2,3)22(6,7)21-15(13-16(19)18(4)20-5)14-11-9-8-10-12-14/h8-12,15H,13H2,1-7H3/t15-/m1/s1. The van der Waals surface area contributed by atoms with Crippen LogP contribution in [-0.2, 0) is 14.1 Å². The molecule has 0 radical (unpaired) electrons. The Morgan fingerprint density at radius 2 is 1.77 bits per heavy atom. The zero-order chi connectivity index (χ0) is 17.0. The van der Waals surface area contributed by atoms with Gasteiger partial charge < -0.3 is 4.43 Å². The van der Waals surface area contributed by atoms with Gasteiger partial charge in [-0.15, -0.1) is 0 Å². The highest BCUT2D eigenvalue weighted by Crippen LogP contribution is 2.40. The lowest BCUT2D eigenvalue weighted by Crippen LogP contribution is -2.42. The van der Waals surface area contributed by atoms with E-state index < -0.39 is 8.32 Å². The molecule has 0 saturated carbocycles. The molecule has 1 aromatic rings. The topological polar surface area (TPSA) is 38.8 Å². The molecule has 0 aliphatic rings. The van der Waals surface area contributed by atoms with E-state index in [-0.39, 0.29) is 23.5 Å². The van der Waals surface area contributed by atoms with E-state index in [1.807, 2.05) is 30.3 Å². The molecule has 1 atom stereocenters. The first kappa shape index (κ1) is 18.9. The van der Waals surface area contributed by atoms with E-state index in [0.717, 1.165) is 5.56 Å². The Labute approximate surface area is 135 Å². The Morgan fingerprint density at radius 1 is 1.23 bits per heavy atom. The summed E-state index contributed by atoms with van der Waals surface area (Å²) in [5, 5.41) is 1.35. The van der Waals surface area contributed by atoms with Crippen LogP contribution in [-0.4, -0.2) is 33.4 Å². The minimum Gasteiger partial charge on any atom is -0.409 e. The van der Waals surface area contributed by atoms with Crippen molar-refractivity contribution in [3.05, 3.63) is 35.9 Å². The van der Waals surface area contributed by atoms with E-state index in [0.29, 0.717) is 0 Å². The summed E-state index contributed by atoms with van der Waals surface area (Å²) < 4.78 is 6.49. The van der Waals surface area contributed by atoms with Crippen LogP contribution in [0.5, 0.6) is 0 Å². The first-order valence-corrected chi connectivity index (χ1v) is 10.5. The van der Waals surface area contributed by atoms with Crippen molar-refractivity contribution in [3.8, 4) is 0 Å². The molecule has 0 unspecified atom stereocenters. The molecule has 0 spiro atoms. The van der Waals surface area contributed by atoms with Crippen molar-refractivity contribution in [2.24, 2.45) is 0 Å². The molecule has 0 saturated heterocycles. The van der Waals surface area contributed by atoms with Gasteiger partial charge in [0.1, 0.15) is 0 Å². The van der Waals surface area contributed by atoms with Gasteiger partial charge in [0.05, 0.1) is 19.6 Å². The molecule has 0 aromatic heterocycles. The van der Waals surface area contributed by atoms with Crippen molar-refractivity contribution in [3.63, 3.8) is 0 Å². The SMILES string of the molecule is CON(C)C(=O)C[C@@H](O[Si](C)(C)C(C)(C)C)c1ccccc1. The molecule has 1 amide bonds. The number of benzene rings is 1. The van der Waals surface area contributed by atoms with Crippen molar-refractivity contribution in [1.82, 2.24) is 5.06 Å². The normalized spacial score (nSPS) is 13.8. The number of nitrogens with zero attached hydrogens (tertiary/aromatic N) is 1. The van der Waals surface area contributed by atoms with Crippen molar-refractivity contribution in [1.29, 1.82) is 0 Å². The lowest BCUT2D eigenvalue weighted by molar-refractivity contribution is -0.170. The van der Waals surface area contributed by atoms with Gasteiger partial charge in [0, 0.05) is 7.05 Å². The molecule has 0 aliphatic carbocycles. The first-order valence-electron chi connectivity index (χ1n) is 7.62. The van der Waals surface area contributed by atoms with Crippen LogP contribution in [0, 0.1) is 0 Å². The van der Waals surface area contributed by atoms with E-state index in [9.17, 15) is 4.79 Å². The highest BCUT2D eigenvalue weighted by Gasteiger charge is 2.40. The third-order valence-corrected chi connectivity index (χ3v) is 8.89. The first-order chi connectivity index (χ1) is 10.1. The van der Waals surface area contributed by atoms with Gasteiger partial charge in [-0.2, -0.15) is 0 Å². The molecule has 0 N–H and O–H groups in total. The van der Waals surface area contributed by atoms with E-state index in [2.05, 4.69) is 33.9 Å². The van der Waals surface area contributed by atoms with E-state index in [1.54, 1.807) is 7.05 Å². The van der Waals surface area contributed by atoms with Gasteiger partial charge in [0.25, 0.3) is 0 Å². The predicted octanol–water partition coefficient (Wildman–Crippen LogP) is 4.16. The number of amides is 1. The van der Waals surface area contributed by atoms with Crippen LogP contribution in [0.15, 0.2) is 30.3 Å². The van der Waals surface area contributed by atoms with E-state index in [1.165, 1.54) is 12.2 Å². The average Bonchev–Trinajstić information content (AvgIpc) is 2.45. The van der Waals surface area contributed by atoms with Crippen LogP contribution in [0.4, 0.5) is 0 Å². The van der Waals surface area contributed by atoms with Crippen LogP contribution in [0.2, 0.25) is 18.1 Å². The lowest BCUT2D eigenvalue weighted by Gasteiger charge is -2.39. The number of hydroxylamine groups is 2. The molecule has 0 fully saturated rings. The minimum absolute atomic E-state index is 0.0879. The summed E-state index contributed by atoms with van der Waals surface area (Å²) in [6, 6.07) is 9.94. The fourth-order valence-corrected chi connectivity index (χ4v) is 3.10. The third-order valence-electron chi connectivity index (χ3n) is 4.40. The molecule has 0 bridgehead atoms. The Bertz CT molecular complexity index is 482. The fraction of sp³-hybridized carbons (Fsp3) is 0.588. The summed E-state index contributed by atoms with van der Waals surface area (Å²) >= 11 is 0. The smallest absolute Gasteiger partial charge is 0.248 e. The van der Waals surface area contributed by atoms with Gasteiger partial charge in [0.2, 0.25) is 5.91 Å². The Kier molecular flexibility index (Phi) is 6.34. The summed E-state index contributed by atoms with van der Waals surface area (Å²) in [6.07, 6.45) is 0.0353. The van der Waals surface area contributed by atoms with Crippen LogP contribution in [0.1, 0.15) is 38.9 Å². The number of carbonyl (C=O) groups excluding carboxylic acids is 1. The number of carbonyl (C=O) groups is 1. The molecule has 0 heterocycles. The summed E-state index contributed by atoms with van der Waals surface area (Å²) in [7, 11) is 1.14. The van der Waals surface area contributed by atoms with Crippen molar-refractivity contribution >= 4 is 14.2 Å². The summed E-state index contributed by atoms with van der Waals surface area (Å²) in [5.74, 6) is -0.0879. The average molecular weight is 324 g/mol. The zero-order valence-electron chi connectivity index (χ0n) is 14.8. The second-order valence-electron chi connectivity index (χ2n) is 7.06. The quantitative estimate of drug-likeness (QED) is 0.583. The number of rotatable bonds is 6. The molecule has 4 nitrogen and oxygen atoms in total. The Morgan fingerprint density at radius 3 is 2.23 bits per heavy atom. The van der Waals surface area contributed by atoms with Gasteiger partial charge in [-0.25, -0.2) is 5.06 Å². The van der Waals surface area contributed by atoms with Crippen LogP contribution in [0.25, 0.3) is 0 Å². The van der Waals surface area contributed by atoms with Gasteiger partial charge in [-0.3, -0.25) is 9.63 Å². The van der Waals surface area contributed by atoms with Gasteiger partial charge in [-0.05, 0) is 23.7 Å². The van der Waals surface area contributed by atoms with Crippen molar-refractivity contribution in [2.45, 2.75) is 51.4 Å². The highest BCUT2D eigenvalue weighted by molar-refractivity contribution is 6.74. The maximum absolute atomic E-state index is 12.2. The molecular formula is C17H29NO3Si. The maximum Gasteiger partial charge on any atom is 0.248 e. The molecule has 0 aliphatic heterocycles. The number of hydrogen-bond donors (Lipinski definition) is 0. The second-order valence-corrected chi connectivity index (χ2v) is 11.8. The molecule has 1 rings (SSSR count). The Hall–Kier alpha value is -1.17.